The summed E-state index contributed by atoms with van der Waals surface area (Å²) in [5.41, 5.74) is 1.42. The third kappa shape index (κ3) is 3.00. The minimum atomic E-state index is -0.444. The fourth-order valence-electron chi connectivity index (χ4n) is 1.47. The number of halogens is 3. The molecule has 0 aliphatic heterocycles. The molecule has 0 aliphatic rings. The van der Waals surface area contributed by atoms with Crippen molar-refractivity contribution in [3.05, 3.63) is 57.3 Å². The second kappa shape index (κ2) is 5.38. The average molecular weight is 326 g/mol. The minimum absolute atomic E-state index is 0.307. The molecule has 0 bridgehead atoms. The van der Waals surface area contributed by atoms with E-state index in [9.17, 15) is 4.39 Å². The number of rotatable bonds is 2. The number of nitrogens with one attached hydrogen (secondary N) is 1. The van der Waals surface area contributed by atoms with Crippen molar-refractivity contribution < 1.29 is 4.39 Å². The van der Waals surface area contributed by atoms with Gasteiger partial charge in [-0.15, -0.1) is 0 Å². The highest BCUT2D eigenvalue weighted by molar-refractivity contribution is 9.10. The van der Waals surface area contributed by atoms with Crippen molar-refractivity contribution in [1.29, 1.82) is 5.26 Å². The average Bonchev–Trinajstić information content (AvgIpc) is 2.32. The zero-order chi connectivity index (χ0) is 13.1. The van der Waals surface area contributed by atoms with E-state index in [-0.39, 0.29) is 0 Å². The monoisotopic (exact) mass is 324 g/mol. The molecular formula is C13H7BrClFN2. The van der Waals surface area contributed by atoms with Crippen LogP contribution < -0.4 is 5.32 Å². The molecular weight excluding hydrogens is 319 g/mol. The van der Waals surface area contributed by atoms with Crippen LogP contribution >= 0.6 is 27.5 Å². The highest BCUT2D eigenvalue weighted by Crippen LogP contribution is 2.25. The lowest BCUT2D eigenvalue weighted by atomic mass is 10.2. The molecule has 0 radical (unpaired) electrons. The van der Waals surface area contributed by atoms with Crippen molar-refractivity contribution >= 4 is 38.9 Å². The quantitative estimate of drug-likeness (QED) is 0.856. The van der Waals surface area contributed by atoms with E-state index >= 15 is 0 Å². The highest BCUT2D eigenvalue weighted by atomic mass is 79.9. The maximum Gasteiger partial charge on any atom is 0.148 e. The number of nitrogens with zero attached hydrogens (tertiary/aromatic N) is 1. The first-order valence-corrected chi connectivity index (χ1v) is 6.18. The zero-order valence-electron chi connectivity index (χ0n) is 9.05. The van der Waals surface area contributed by atoms with E-state index < -0.39 is 5.82 Å². The summed E-state index contributed by atoms with van der Waals surface area (Å²) < 4.78 is 14.3. The molecule has 2 aromatic carbocycles. The van der Waals surface area contributed by atoms with Crippen molar-refractivity contribution in [2.75, 3.05) is 5.32 Å². The standard InChI is InChI=1S/C13H7BrClFN2/c14-9-3-8(7-17)4-11(5-9)18-13-2-1-10(15)6-12(13)16/h1-6,18H. The molecule has 0 spiro atoms. The first-order valence-electron chi connectivity index (χ1n) is 5.01. The van der Waals surface area contributed by atoms with Crippen molar-refractivity contribution in [3.63, 3.8) is 0 Å². The van der Waals surface area contributed by atoms with E-state index in [1.54, 1.807) is 30.3 Å². The molecule has 0 atom stereocenters. The Balaban J connectivity index is 2.34. The smallest absolute Gasteiger partial charge is 0.148 e. The van der Waals surface area contributed by atoms with Gasteiger partial charge < -0.3 is 5.32 Å². The van der Waals surface area contributed by atoms with Crippen molar-refractivity contribution in [2.45, 2.75) is 0 Å². The predicted octanol–water partition coefficient (Wildman–Crippen LogP) is 4.86. The molecule has 5 heteroatoms. The summed E-state index contributed by atoms with van der Waals surface area (Å²) in [6, 6.07) is 11.5. The largest absolute Gasteiger partial charge is 0.353 e. The fraction of sp³-hybridized carbons (Fsp3) is 0. The van der Waals surface area contributed by atoms with Crippen LogP contribution in [-0.4, -0.2) is 0 Å². The van der Waals surface area contributed by atoms with Gasteiger partial charge in [0.25, 0.3) is 0 Å². The molecule has 0 aromatic heterocycles. The summed E-state index contributed by atoms with van der Waals surface area (Å²) in [4.78, 5) is 0. The first-order chi connectivity index (χ1) is 8.58. The highest BCUT2D eigenvalue weighted by Gasteiger charge is 2.05. The van der Waals surface area contributed by atoms with Gasteiger partial charge in [-0.3, -0.25) is 0 Å². The summed E-state index contributed by atoms with van der Waals surface area (Å²) in [6.45, 7) is 0. The van der Waals surface area contributed by atoms with Gasteiger partial charge in [0, 0.05) is 15.2 Å². The van der Waals surface area contributed by atoms with Crippen LogP contribution in [0, 0.1) is 17.1 Å². The number of anilines is 2. The predicted molar refractivity (Wildman–Crippen MR) is 73.5 cm³/mol. The van der Waals surface area contributed by atoms with Crippen molar-refractivity contribution in [2.24, 2.45) is 0 Å². The Hall–Kier alpha value is -1.57. The molecule has 0 heterocycles. The molecule has 18 heavy (non-hydrogen) atoms. The van der Waals surface area contributed by atoms with Gasteiger partial charge >= 0.3 is 0 Å². The van der Waals surface area contributed by atoms with Gasteiger partial charge in [-0.1, -0.05) is 27.5 Å². The lowest BCUT2D eigenvalue weighted by Gasteiger charge is -2.08. The van der Waals surface area contributed by atoms with Crippen LogP contribution in [0.4, 0.5) is 15.8 Å². The molecule has 2 rings (SSSR count). The number of hydrogen-bond acceptors (Lipinski definition) is 2. The first kappa shape index (κ1) is 12.9. The van der Waals surface area contributed by atoms with Gasteiger partial charge in [-0.25, -0.2) is 4.39 Å². The van der Waals surface area contributed by atoms with Gasteiger partial charge in [0.05, 0.1) is 17.3 Å². The van der Waals surface area contributed by atoms with Crippen LogP contribution in [0.25, 0.3) is 0 Å². The van der Waals surface area contributed by atoms with Crippen LogP contribution in [0.2, 0.25) is 5.02 Å². The Morgan fingerprint density at radius 3 is 2.67 bits per heavy atom. The van der Waals surface area contributed by atoms with Crippen molar-refractivity contribution in [1.82, 2.24) is 0 Å². The molecule has 0 fully saturated rings. The summed E-state index contributed by atoms with van der Waals surface area (Å²) in [5.74, 6) is -0.444. The Bertz CT molecular complexity index is 637. The van der Waals surface area contributed by atoms with Crippen molar-refractivity contribution in [3.8, 4) is 6.07 Å². The topological polar surface area (TPSA) is 35.8 Å². The van der Waals surface area contributed by atoms with Gasteiger partial charge in [0.15, 0.2) is 0 Å². The van der Waals surface area contributed by atoms with Gasteiger partial charge in [-0.05, 0) is 36.4 Å². The summed E-state index contributed by atoms with van der Waals surface area (Å²) in [7, 11) is 0. The summed E-state index contributed by atoms with van der Waals surface area (Å²) >= 11 is 8.97. The minimum Gasteiger partial charge on any atom is -0.353 e. The summed E-state index contributed by atoms with van der Waals surface area (Å²) in [5, 5.41) is 12.1. The fourth-order valence-corrected chi connectivity index (χ4v) is 2.12. The number of nitriles is 1. The Morgan fingerprint density at radius 2 is 2.00 bits per heavy atom. The molecule has 2 nitrogen and oxygen atoms in total. The van der Waals surface area contributed by atoms with Crippen LogP contribution in [0.5, 0.6) is 0 Å². The molecule has 2 aromatic rings. The molecule has 0 aliphatic carbocycles. The van der Waals surface area contributed by atoms with E-state index in [0.717, 1.165) is 4.47 Å². The van der Waals surface area contributed by atoms with Crippen LogP contribution in [-0.2, 0) is 0 Å². The Morgan fingerprint density at radius 1 is 1.22 bits per heavy atom. The third-order valence-corrected chi connectivity index (χ3v) is 2.93. The molecule has 0 saturated carbocycles. The lowest BCUT2D eigenvalue weighted by Crippen LogP contribution is -1.94. The SMILES string of the molecule is N#Cc1cc(Br)cc(Nc2ccc(Cl)cc2F)c1. The summed E-state index contributed by atoms with van der Waals surface area (Å²) in [6.07, 6.45) is 0. The van der Waals surface area contributed by atoms with Gasteiger partial charge in [-0.2, -0.15) is 5.26 Å². The van der Waals surface area contributed by atoms with E-state index in [2.05, 4.69) is 21.2 Å². The normalized spacial score (nSPS) is 9.89. The lowest BCUT2D eigenvalue weighted by molar-refractivity contribution is 0.632. The van der Waals surface area contributed by atoms with E-state index in [0.29, 0.717) is 22.0 Å². The van der Waals surface area contributed by atoms with Gasteiger partial charge in [0.1, 0.15) is 5.82 Å². The van der Waals surface area contributed by atoms with Crippen LogP contribution in [0.15, 0.2) is 40.9 Å². The maximum absolute atomic E-state index is 13.6. The van der Waals surface area contributed by atoms with E-state index in [4.69, 9.17) is 16.9 Å². The molecule has 0 amide bonds. The second-order valence-corrected chi connectivity index (χ2v) is 4.94. The van der Waals surface area contributed by atoms with Crippen LogP contribution in [0.3, 0.4) is 0 Å². The Labute approximate surface area is 117 Å². The maximum atomic E-state index is 13.6. The van der Waals surface area contributed by atoms with E-state index in [1.165, 1.54) is 6.07 Å². The zero-order valence-corrected chi connectivity index (χ0v) is 11.4. The number of hydrogen-bond donors (Lipinski definition) is 1. The Kier molecular flexibility index (Phi) is 3.85. The molecule has 90 valence electrons. The number of benzene rings is 2. The van der Waals surface area contributed by atoms with Crippen LogP contribution in [0.1, 0.15) is 5.56 Å². The third-order valence-electron chi connectivity index (χ3n) is 2.24. The molecule has 1 N–H and O–H groups in total. The second-order valence-electron chi connectivity index (χ2n) is 3.59. The van der Waals surface area contributed by atoms with Gasteiger partial charge in [0.2, 0.25) is 0 Å². The molecule has 0 saturated heterocycles. The van der Waals surface area contributed by atoms with E-state index in [1.807, 2.05) is 6.07 Å². The molecule has 0 unspecified atom stereocenters.